The van der Waals surface area contributed by atoms with Crippen molar-refractivity contribution >= 4 is 33.4 Å². The summed E-state index contributed by atoms with van der Waals surface area (Å²) in [5.74, 6) is -0.744. The van der Waals surface area contributed by atoms with Crippen LogP contribution in [0.3, 0.4) is 0 Å². The Kier molecular flexibility index (Phi) is 5.56. The van der Waals surface area contributed by atoms with Gasteiger partial charge in [-0.2, -0.15) is 0 Å². The van der Waals surface area contributed by atoms with Gasteiger partial charge in [0.05, 0.1) is 21.8 Å². The maximum atomic E-state index is 12.5. The number of amides is 1. The minimum Gasteiger partial charge on any atom is -0.452 e. The third-order valence-corrected chi connectivity index (χ3v) is 5.79. The number of esters is 1. The second kappa shape index (κ2) is 7.88. The van der Waals surface area contributed by atoms with Gasteiger partial charge in [-0.05, 0) is 44.5 Å². The summed E-state index contributed by atoms with van der Waals surface area (Å²) in [7, 11) is 1.70. The van der Waals surface area contributed by atoms with Gasteiger partial charge in [-0.15, -0.1) is 11.3 Å². The second-order valence-electron chi connectivity index (χ2n) is 6.59. The molecule has 0 bridgehead atoms. The number of hydrogen-bond donors (Lipinski definition) is 0. The lowest BCUT2D eigenvalue weighted by Gasteiger charge is -2.23. The Morgan fingerprint density at radius 3 is 2.67 bits per heavy atom. The van der Waals surface area contributed by atoms with Crippen molar-refractivity contribution in [3.8, 4) is 0 Å². The molecule has 6 heteroatoms. The summed E-state index contributed by atoms with van der Waals surface area (Å²) in [6.45, 7) is 5.38. The first kappa shape index (κ1) is 19.0. The van der Waals surface area contributed by atoms with E-state index in [1.165, 1.54) is 0 Å². The van der Waals surface area contributed by atoms with E-state index in [0.717, 1.165) is 26.4 Å². The minimum absolute atomic E-state index is 0.200. The first-order valence-corrected chi connectivity index (χ1v) is 9.54. The molecule has 0 aliphatic rings. The van der Waals surface area contributed by atoms with Crippen LogP contribution in [0, 0.1) is 13.8 Å². The molecule has 27 heavy (non-hydrogen) atoms. The SMILES string of the molecule is Cc1ccc(C)c(C(=O)OCC(=O)N(C)[C@H](C)c2nc3ccccc3s2)c1. The zero-order valence-electron chi connectivity index (χ0n) is 15.9. The number of aromatic nitrogens is 1. The van der Waals surface area contributed by atoms with Gasteiger partial charge in [-0.25, -0.2) is 9.78 Å². The van der Waals surface area contributed by atoms with Crippen LogP contribution in [-0.4, -0.2) is 35.4 Å². The van der Waals surface area contributed by atoms with Crippen molar-refractivity contribution in [3.63, 3.8) is 0 Å². The number of carbonyl (C=O) groups excluding carboxylic acids is 2. The van der Waals surface area contributed by atoms with Crippen LogP contribution in [0.5, 0.6) is 0 Å². The van der Waals surface area contributed by atoms with Crippen molar-refractivity contribution in [3.05, 3.63) is 64.2 Å². The van der Waals surface area contributed by atoms with Gasteiger partial charge in [0.25, 0.3) is 5.91 Å². The number of likely N-dealkylation sites (N-methyl/N-ethyl adjacent to an activating group) is 1. The third kappa shape index (κ3) is 4.17. The van der Waals surface area contributed by atoms with Gasteiger partial charge in [0, 0.05) is 7.05 Å². The standard InChI is InChI=1S/C21H22N2O3S/c1-13-9-10-14(2)16(11-13)21(25)26-12-19(24)23(4)15(3)20-22-17-7-5-6-8-18(17)27-20/h5-11,15H,12H2,1-4H3/t15-/m1/s1. The van der Waals surface area contributed by atoms with Gasteiger partial charge in [0.2, 0.25) is 0 Å². The van der Waals surface area contributed by atoms with Gasteiger partial charge >= 0.3 is 5.97 Å². The zero-order valence-corrected chi connectivity index (χ0v) is 16.7. The number of fused-ring (bicyclic) bond motifs is 1. The van der Waals surface area contributed by atoms with Crippen molar-refractivity contribution in [2.24, 2.45) is 0 Å². The van der Waals surface area contributed by atoms with E-state index in [4.69, 9.17) is 4.74 Å². The van der Waals surface area contributed by atoms with Crippen molar-refractivity contribution in [1.29, 1.82) is 0 Å². The van der Waals surface area contributed by atoms with Crippen molar-refractivity contribution in [2.75, 3.05) is 13.7 Å². The summed E-state index contributed by atoms with van der Waals surface area (Å²) in [5.41, 5.74) is 3.21. The van der Waals surface area contributed by atoms with Crippen LogP contribution in [0.4, 0.5) is 0 Å². The summed E-state index contributed by atoms with van der Waals surface area (Å²) in [4.78, 5) is 30.9. The molecule has 0 spiro atoms. The van der Waals surface area contributed by atoms with E-state index in [9.17, 15) is 9.59 Å². The lowest BCUT2D eigenvalue weighted by atomic mass is 10.1. The molecular weight excluding hydrogens is 360 g/mol. The summed E-state index contributed by atoms with van der Waals surface area (Å²) in [5, 5.41) is 0.855. The Morgan fingerprint density at radius 1 is 1.19 bits per heavy atom. The van der Waals surface area contributed by atoms with Crippen LogP contribution in [0.15, 0.2) is 42.5 Å². The second-order valence-corrected chi connectivity index (χ2v) is 7.66. The van der Waals surface area contributed by atoms with Gasteiger partial charge in [0.1, 0.15) is 5.01 Å². The monoisotopic (exact) mass is 382 g/mol. The van der Waals surface area contributed by atoms with Crippen LogP contribution >= 0.6 is 11.3 Å². The number of aryl methyl sites for hydroxylation is 2. The normalized spacial score (nSPS) is 12.0. The molecule has 0 N–H and O–H groups in total. The predicted molar refractivity (Wildman–Crippen MR) is 107 cm³/mol. The number of benzene rings is 2. The van der Waals surface area contributed by atoms with Gasteiger partial charge in [0.15, 0.2) is 6.61 Å². The molecule has 0 saturated heterocycles. The molecule has 1 atom stereocenters. The van der Waals surface area contributed by atoms with Crippen LogP contribution < -0.4 is 0 Å². The fourth-order valence-electron chi connectivity index (χ4n) is 2.71. The summed E-state index contributed by atoms with van der Waals surface area (Å²) < 4.78 is 6.33. The molecule has 0 radical (unpaired) electrons. The molecule has 0 saturated carbocycles. The van der Waals surface area contributed by atoms with Gasteiger partial charge < -0.3 is 9.64 Å². The Bertz CT molecular complexity index is 963. The van der Waals surface area contributed by atoms with Gasteiger partial charge in [-0.3, -0.25) is 4.79 Å². The van der Waals surface area contributed by atoms with Crippen molar-refractivity contribution in [1.82, 2.24) is 9.88 Å². The van der Waals surface area contributed by atoms with E-state index < -0.39 is 5.97 Å². The Hall–Kier alpha value is -2.73. The molecule has 0 aliphatic heterocycles. The number of hydrogen-bond acceptors (Lipinski definition) is 5. The quantitative estimate of drug-likeness (QED) is 0.618. The highest BCUT2D eigenvalue weighted by Gasteiger charge is 2.22. The molecule has 1 amide bonds. The number of thiazole rings is 1. The molecule has 3 aromatic rings. The van der Waals surface area contributed by atoms with E-state index in [0.29, 0.717) is 5.56 Å². The molecule has 0 aliphatic carbocycles. The molecule has 1 aromatic heterocycles. The lowest BCUT2D eigenvalue weighted by molar-refractivity contribution is -0.135. The average molecular weight is 382 g/mol. The minimum atomic E-state index is -0.481. The van der Waals surface area contributed by atoms with Crippen LogP contribution in [0.1, 0.15) is 39.5 Å². The van der Waals surface area contributed by atoms with Crippen LogP contribution in [0.25, 0.3) is 10.2 Å². The average Bonchev–Trinajstić information content (AvgIpc) is 3.10. The number of carbonyl (C=O) groups is 2. The highest BCUT2D eigenvalue weighted by Crippen LogP contribution is 2.28. The molecule has 0 fully saturated rings. The molecule has 1 heterocycles. The van der Waals surface area contributed by atoms with Gasteiger partial charge in [-0.1, -0.05) is 29.8 Å². The molecule has 0 unspecified atom stereocenters. The Morgan fingerprint density at radius 2 is 1.93 bits per heavy atom. The number of nitrogens with zero attached hydrogens (tertiary/aromatic N) is 2. The highest BCUT2D eigenvalue weighted by atomic mass is 32.1. The first-order valence-electron chi connectivity index (χ1n) is 8.72. The van der Waals surface area contributed by atoms with E-state index in [2.05, 4.69) is 4.98 Å². The van der Waals surface area contributed by atoms with Crippen LogP contribution in [0.2, 0.25) is 0 Å². The molecule has 140 valence electrons. The topological polar surface area (TPSA) is 59.5 Å². The highest BCUT2D eigenvalue weighted by molar-refractivity contribution is 7.18. The molecular formula is C21H22N2O3S. The summed E-state index contributed by atoms with van der Waals surface area (Å²) >= 11 is 1.56. The maximum Gasteiger partial charge on any atom is 0.338 e. The van der Waals surface area contributed by atoms with Crippen LogP contribution in [-0.2, 0) is 9.53 Å². The van der Waals surface area contributed by atoms with E-state index in [-0.39, 0.29) is 18.6 Å². The smallest absolute Gasteiger partial charge is 0.338 e. The zero-order chi connectivity index (χ0) is 19.6. The predicted octanol–water partition coefficient (Wildman–Crippen LogP) is 4.29. The summed E-state index contributed by atoms with van der Waals surface area (Å²) in [6.07, 6.45) is 0. The van der Waals surface area contributed by atoms with E-state index in [1.54, 1.807) is 29.4 Å². The van der Waals surface area contributed by atoms with Crippen molar-refractivity contribution in [2.45, 2.75) is 26.8 Å². The Balaban J connectivity index is 1.64. The largest absolute Gasteiger partial charge is 0.452 e. The number of para-hydroxylation sites is 1. The van der Waals surface area contributed by atoms with Crippen molar-refractivity contribution < 1.29 is 14.3 Å². The molecule has 5 nitrogen and oxygen atoms in total. The third-order valence-electron chi connectivity index (χ3n) is 4.58. The fourth-order valence-corrected chi connectivity index (χ4v) is 3.78. The molecule has 3 rings (SSSR count). The fraction of sp³-hybridized carbons (Fsp3) is 0.286. The summed E-state index contributed by atoms with van der Waals surface area (Å²) in [6, 6.07) is 13.3. The van der Waals surface area contributed by atoms with E-state index >= 15 is 0 Å². The molecule has 2 aromatic carbocycles. The Labute approximate surface area is 162 Å². The number of ether oxygens (including phenoxy) is 1. The first-order chi connectivity index (χ1) is 12.9. The maximum absolute atomic E-state index is 12.5. The lowest BCUT2D eigenvalue weighted by Crippen LogP contribution is -2.33. The number of rotatable bonds is 5. The van der Waals surface area contributed by atoms with E-state index in [1.807, 2.05) is 57.2 Å².